The maximum atomic E-state index is 6.02. The van der Waals surface area contributed by atoms with Crippen molar-refractivity contribution in [3.8, 4) is 0 Å². The smallest absolute Gasteiger partial charge is 0.191 e. The van der Waals surface area contributed by atoms with Crippen LogP contribution in [0, 0.1) is 0 Å². The van der Waals surface area contributed by atoms with Gasteiger partial charge in [-0.2, -0.15) is 16.4 Å². The van der Waals surface area contributed by atoms with Crippen molar-refractivity contribution in [2.75, 3.05) is 5.32 Å². The summed E-state index contributed by atoms with van der Waals surface area (Å²) in [7, 11) is 0. The zero-order chi connectivity index (χ0) is 13.7. The highest BCUT2D eigenvalue weighted by molar-refractivity contribution is 7.80. The third kappa shape index (κ3) is 4.47. The van der Waals surface area contributed by atoms with E-state index in [0.717, 1.165) is 5.56 Å². The Morgan fingerprint density at radius 1 is 1.32 bits per heavy atom. The number of thiophene rings is 1. The minimum Gasteiger partial charge on any atom is -0.330 e. The first-order valence-corrected chi connectivity index (χ1v) is 7.33. The molecule has 0 aliphatic carbocycles. The molecule has 0 fully saturated rings. The molecule has 1 heterocycles. The van der Waals surface area contributed by atoms with Crippen LogP contribution >= 0.6 is 46.8 Å². The van der Waals surface area contributed by atoms with E-state index in [1.54, 1.807) is 35.8 Å². The molecule has 0 bridgehead atoms. The Morgan fingerprint density at radius 2 is 2.16 bits per heavy atom. The van der Waals surface area contributed by atoms with E-state index in [4.69, 9.17) is 35.4 Å². The van der Waals surface area contributed by atoms with Crippen LogP contribution in [0.5, 0.6) is 0 Å². The van der Waals surface area contributed by atoms with Crippen LogP contribution in [0.1, 0.15) is 5.56 Å². The molecule has 0 spiro atoms. The molecule has 2 rings (SSSR count). The number of hydrogen-bond donors (Lipinski definition) is 2. The number of benzene rings is 1. The number of hydrogen-bond acceptors (Lipinski definition) is 3. The lowest BCUT2D eigenvalue weighted by atomic mass is 10.3. The second kappa shape index (κ2) is 6.86. The van der Waals surface area contributed by atoms with Crippen molar-refractivity contribution in [2.24, 2.45) is 5.10 Å². The predicted molar refractivity (Wildman–Crippen MR) is 87.7 cm³/mol. The molecule has 0 radical (unpaired) electrons. The third-order valence-electron chi connectivity index (χ3n) is 2.10. The summed E-state index contributed by atoms with van der Waals surface area (Å²) in [6.45, 7) is 0. The second-order valence-corrected chi connectivity index (χ2v) is 5.54. The van der Waals surface area contributed by atoms with Gasteiger partial charge in [0.15, 0.2) is 5.11 Å². The Hall–Kier alpha value is -1.14. The summed E-state index contributed by atoms with van der Waals surface area (Å²) in [5.41, 5.74) is 4.41. The standard InChI is InChI=1S/C12H9Cl2N3S2/c13-9-1-2-11(10(14)5-9)16-12(18)17-15-6-8-3-4-19-7-8/h1-7H,(H2,16,17,18). The van der Waals surface area contributed by atoms with Crippen molar-refractivity contribution in [3.63, 3.8) is 0 Å². The fourth-order valence-electron chi connectivity index (χ4n) is 1.25. The second-order valence-electron chi connectivity index (χ2n) is 3.50. The molecular formula is C12H9Cl2N3S2. The average molecular weight is 330 g/mol. The van der Waals surface area contributed by atoms with Gasteiger partial charge in [0.25, 0.3) is 0 Å². The average Bonchev–Trinajstić information content (AvgIpc) is 2.86. The van der Waals surface area contributed by atoms with Gasteiger partial charge in [-0.25, -0.2) is 0 Å². The van der Waals surface area contributed by atoms with Crippen LogP contribution in [-0.2, 0) is 0 Å². The minimum absolute atomic E-state index is 0.357. The number of nitrogens with one attached hydrogen (secondary N) is 2. The van der Waals surface area contributed by atoms with E-state index in [0.29, 0.717) is 20.8 Å². The van der Waals surface area contributed by atoms with Gasteiger partial charge in [-0.05, 0) is 47.2 Å². The van der Waals surface area contributed by atoms with E-state index in [1.807, 2.05) is 16.8 Å². The van der Waals surface area contributed by atoms with Crippen molar-refractivity contribution in [1.29, 1.82) is 0 Å². The van der Waals surface area contributed by atoms with Crippen molar-refractivity contribution >= 4 is 63.8 Å². The maximum Gasteiger partial charge on any atom is 0.191 e. The molecule has 0 amide bonds. The van der Waals surface area contributed by atoms with Crippen molar-refractivity contribution < 1.29 is 0 Å². The Bertz CT molecular complexity index is 597. The Labute approximate surface area is 130 Å². The molecule has 19 heavy (non-hydrogen) atoms. The lowest BCUT2D eigenvalue weighted by Crippen LogP contribution is -2.23. The van der Waals surface area contributed by atoms with Crippen LogP contribution < -0.4 is 10.7 Å². The van der Waals surface area contributed by atoms with Crippen LogP contribution in [0.4, 0.5) is 5.69 Å². The zero-order valence-corrected chi connectivity index (χ0v) is 12.7. The third-order valence-corrected chi connectivity index (χ3v) is 3.54. The number of thiocarbonyl (C=S) groups is 1. The fraction of sp³-hybridized carbons (Fsp3) is 0. The van der Waals surface area contributed by atoms with Gasteiger partial charge < -0.3 is 5.32 Å². The van der Waals surface area contributed by atoms with E-state index in [9.17, 15) is 0 Å². The number of nitrogens with zero attached hydrogens (tertiary/aromatic N) is 1. The SMILES string of the molecule is S=C(NN=Cc1ccsc1)Nc1ccc(Cl)cc1Cl. The van der Waals surface area contributed by atoms with Gasteiger partial charge in [0.05, 0.1) is 16.9 Å². The van der Waals surface area contributed by atoms with Crippen LogP contribution in [0.3, 0.4) is 0 Å². The van der Waals surface area contributed by atoms with Crippen LogP contribution in [0.2, 0.25) is 10.0 Å². The molecule has 2 N–H and O–H groups in total. The summed E-state index contributed by atoms with van der Waals surface area (Å²) in [5, 5.41) is 12.3. The highest BCUT2D eigenvalue weighted by atomic mass is 35.5. The molecule has 0 aliphatic heterocycles. The molecule has 1 aromatic carbocycles. The van der Waals surface area contributed by atoms with Gasteiger partial charge in [-0.15, -0.1) is 0 Å². The highest BCUT2D eigenvalue weighted by Gasteiger charge is 2.02. The minimum atomic E-state index is 0.357. The van der Waals surface area contributed by atoms with Gasteiger partial charge >= 0.3 is 0 Å². The first-order valence-electron chi connectivity index (χ1n) is 5.22. The fourth-order valence-corrected chi connectivity index (χ4v) is 2.48. The van der Waals surface area contributed by atoms with E-state index < -0.39 is 0 Å². The quantitative estimate of drug-likeness (QED) is 0.498. The molecule has 1 aromatic heterocycles. The summed E-state index contributed by atoms with van der Waals surface area (Å²) in [5.74, 6) is 0. The van der Waals surface area contributed by atoms with E-state index >= 15 is 0 Å². The first-order chi connectivity index (χ1) is 9.15. The summed E-state index contributed by atoms with van der Waals surface area (Å²) >= 11 is 18.5. The maximum absolute atomic E-state index is 6.02. The molecular weight excluding hydrogens is 321 g/mol. The topological polar surface area (TPSA) is 36.4 Å². The summed E-state index contributed by atoms with van der Waals surface area (Å²) < 4.78 is 0. The molecule has 0 aliphatic rings. The Kier molecular flexibility index (Phi) is 5.15. The van der Waals surface area contributed by atoms with Crippen molar-refractivity contribution in [3.05, 3.63) is 50.6 Å². The summed E-state index contributed by atoms with van der Waals surface area (Å²) in [6, 6.07) is 7.08. The largest absolute Gasteiger partial charge is 0.330 e. The van der Waals surface area contributed by atoms with Crippen LogP contribution in [0.15, 0.2) is 40.1 Å². The number of hydrazone groups is 1. The highest BCUT2D eigenvalue weighted by Crippen LogP contribution is 2.25. The number of rotatable bonds is 3. The van der Waals surface area contributed by atoms with E-state index in [2.05, 4.69) is 15.8 Å². The van der Waals surface area contributed by atoms with Gasteiger partial charge in [0.2, 0.25) is 0 Å². The van der Waals surface area contributed by atoms with E-state index in [-0.39, 0.29) is 0 Å². The summed E-state index contributed by atoms with van der Waals surface area (Å²) in [6.07, 6.45) is 1.69. The van der Waals surface area contributed by atoms with Crippen LogP contribution in [0.25, 0.3) is 0 Å². The molecule has 0 unspecified atom stereocenters. The molecule has 98 valence electrons. The van der Waals surface area contributed by atoms with Gasteiger partial charge in [-0.3, -0.25) is 5.43 Å². The van der Waals surface area contributed by atoms with E-state index in [1.165, 1.54) is 0 Å². The molecule has 3 nitrogen and oxygen atoms in total. The predicted octanol–water partition coefficient (Wildman–Crippen LogP) is 4.38. The zero-order valence-electron chi connectivity index (χ0n) is 9.56. The summed E-state index contributed by atoms with van der Waals surface area (Å²) in [4.78, 5) is 0. The number of halogens is 2. The molecule has 0 atom stereocenters. The van der Waals surface area contributed by atoms with Gasteiger partial charge in [0.1, 0.15) is 0 Å². The van der Waals surface area contributed by atoms with Crippen LogP contribution in [-0.4, -0.2) is 11.3 Å². The van der Waals surface area contributed by atoms with Gasteiger partial charge in [-0.1, -0.05) is 23.2 Å². The first kappa shape index (κ1) is 14.3. The Balaban J connectivity index is 1.91. The lowest BCUT2D eigenvalue weighted by molar-refractivity contribution is 1.05. The van der Waals surface area contributed by atoms with Crippen molar-refractivity contribution in [2.45, 2.75) is 0 Å². The number of anilines is 1. The normalized spacial score (nSPS) is 10.6. The molecule has 0 saturated heterocycles. The lowest BCUT2D eigenvalue weighted by Gasteiger charge is -2.08. The molecule has 0 saturated carbocycles. The molecule has 2 aromatic rings. The van der Waals surface area contributed by atoms with Gasteiger partial charge in [0, 0.05) is 10.6 Å². The monoisotopic (exact) mass is 329 g/mol. The van der Waals surface area contributed by atoms with Crippen molar-refractivity contribution in [1.82, 2.24) is 5.43 Å². The Morgan fingerprint density at radius 3 is 2.84 bits per heavy atom. The molecule has 7 heteroatoms.